The summed E-state index contributed by atoms with van der Waals surface area (Å²) in [5.41, 5.74) is 1.45. The van der Waals surface area contributed by atoms with Gasteiger partial charge in [0, 0.05) is 19.0 Å². The number of carbonyl (C=O) groups is 1. The van der Waals surface area contributed by atoms with Gasteiger partial charge >= 0.3 is 0 Å². The largest absolute Gasteiger partial charge is 0.385 e. The molecule has 4 nitrogen and oxygen atoms in total. The summed E-state index contributed by atoms with van der Waals surface area (Å²) in [4.78, 5) is 11.7. The minimum absolute atomic E-state index is 0.152. The number of rotatable bonds is 5. The summed E-state index contributed by atoms with van der Waals surface area (Å²) in [6.45, 7) is 3.74. The van der Waals surface area contributed by atoms with Crippen molar-refractivity contribution < 1.29 is 9.90 Å². The van der Waals surface area contributed by atoms with E-state index in [1.54, 1.807) is 14.0 Å². The summed E-state index contributed by atoms with van der Waals surface area (Å²) in [5.74, 6) is -0.195. The quantitative estimate of drug-likeness (QED) is 0.857. The van der Waals surface area contributed by atoms with Gasteiger partial charge in [-0.25, -0.2) is 0 Å². The van der Waals surface area contributed by atoms with E-state index < -0.39 is 6.10 Å². The SMILES string of the molecule is CCCC(O)C(=O)Cc1c(C)nn(C)c1Cl. The molecule has 1 aromatic heterocycles. The number of Topliss-reactive ketones (excluding diaryl/α,β-unsaturated/α-hetero) is 1. The molecule has 0 aliphatic carbocycles. The third kappa shape index (κ3) is 2.83. The number of aromatic nitrogens is 2. The minimum Gasteiger partial charge on any atom is -0.385 e. The Morgan fingerprint density at radius 2 is 2.25 bits per heavy atom. The van der Waals surface area contributed by atoms with Gasteiger partial charge < -0.3 is 5.11 Å². The normalized spacial score (nSPS) is 12.8. The smallest absolute Gasteiger partial charge is 0.165 e. The Hall–Kier alpha value is -0.870. The van der Waals surface area contributed by atoms with Crippen LogP contribution in [0.2, 0.25) is 5.15 Å². The fraction of sp³-hybridized carbons (Fsp3) is 0.636. The summed E-state index contributed by atoms with van der Waals surface area (Å²) in [6, 6.07) is 0. The molecular weight excluding hydrogens is 228 g/mol. The van der Waals surface area contributed by atoms with Crippen molar-refractivity contribution in [3.8, 4) is 0 Å². The van der Waals surface area contributed by atoms with Crippen molar-refractivity contribution in [2.45, 2.75) is 39.2 Å². The van der Waals surface area contributed by atoms with E-state index in [9.17, 15) is 9.90 Å². The molecule has 1 atom stereocenters. The minimum atomic E-state index is -0.888. The van der Waals surface area contributed by atoms with Gasteiger partial charge in [0.05, 0.1) is 5.69 Å². The number of ketones is 1. The lowest BCUT2D eigenvalue weighted by atomic mass is 10.0. The number of carbonyl (C=O) groups excluding carboxylic acids is 1. The molecule has 0 saturated heterocycles. The molecule has 0 aliphatic rings. The Bertz CT molecular complexity index is 388. The lowest BCUT2D eigenvalue weighted by molar-refractivity contribution is -0.126. The molecule has 1 heterocycles. The zero-order chi connectivity index (χ0) is 12.3. The van der Waals surface area contributed by atoms with Crippen LogP contribution in [-0.2, 0) is 18.3 Å². The molecule has 16 heavy (non-hydrogen) atoms. The van der Waals surface area contributed by atoms with Crippen molar-refractivity contribution in [3.63, 3.8) is 0 Å². The van der Waals surface area contributed by atoms with Crippen molar-refractivity contribution in [2.24, 2.45) is 7.05 Å². The molecule has 0 aliphatic heterocycles. The molecule has 1 unspecified atom stereocenters. The number of aliphatic hydroxyl groups is 1. The molecule has 1 aromatic rings. The highest BCUT2D eigenvalue weighted by Crippen LogP contribution is 2.20. The first-order valence-electron chi connectivity index (χ1n) is 5.36. The maximum atomic E-state index is 11.7. The van der Waals surface area contributed by atoms with Gasteiger partial charge in [0.1, 0.15) is 11.3 Å². The van der Waals surface area contributed by atoms with Gasteiger partial charge in [-0.05, 0) is 13.3 Å². The molecule has 0 bridgehead atoms. The lowest BCUT2D eigenvalue weighted by Gasteiger charge is -2.07. The van der Waals surface area contributed by atoms with Crippen LogP contribution in [0.25, 0.3) is 0 Å². The predicted octanol–water partition coefficient (Wildman–Crippen LogP) is 1.65. The van der Waals surface area contributed by atoms with Crippen LogP contribution in [0, 0.1) is 6.92 Å². The van der Waals surface area contributed by atoms with Crippen molar-refractivity contribution in [1.82, 2.24) is 9.78 Å². The van der Waals surface area contributed by atoms with Crippen LogP contribution in [0.3, 0.4) is 0 Å². The van der Waals surface area contributed by atoms with E-state index >= 15 is 0 Å². The van der Waals surface area contributed by atoms with Crippen LogP contribution in [0.4, 0.5) is 0 Å². The number of aryl methyl sites for hydroxylation is 2. The monoisotopic (exact) mass is 244 g/mol. The summed E-state index contributed by atoms with van der Waals surface area (Å²) in [5, 5.41) is 14.1. The average molecular weight is 245 g/mol. The fourth-order valence-corrected chi connectivity index (χ4v) is 1.84. The molecule has 0 fully saturated rings. The van der Waals surface area contributed by atoms with Gasteiger partial charge in [-0.15, -0.1) is 0 Å². The Kier molecular flexibility index (Phi) is 4.50. The zero-order valence-corrected chi connectivity index (χ0v) is 10.6. The Labute approximate surface area is 100 Å². The van der Waals surface area contributed by atoms with Crippen LogP contribution in [-0.4, -0.2) is 26.8 Å². The van der Waals surface area contributed by atoms with Crippen molar-refractivity contribution in [2.75, 3.05) is 0 Å². The van der Waals surface area contributed by atoms with Crippen LogP contribution in [0.1, 0.15) is 31.0 Å². The number of nitrogens with zero attached hydrogens (tertiary/aromatic N) is 2. The van der Waals surface area contributed by atoms with E-state index in [1.807, 2.05) is 6.92 Å². The molecule has 5 heteroatoms. The maximum Gasteiger partial charge on any atom is 0.165 e. The maximum absolute atomic E-state index is 11.7. The second-order valence-corrected chi connectivity index (χ2v) is 4.28. The van der Waals surface area contributed by atoms with Crippen molar-refractivity contribution in [1.29, 1.82) is 0 Å². The second kappa shape index (κ2) is 5.46. The first kappa shape index (κ1) is 13.2. The van der Waals surface area contributed by atoms with Gasteiger partial charge in [0.15, 0.2) is 5.78 Å². The number of halogens is 1. The van der Waals surface area contributed by atoms with Gasteiger partial charge in [0.2, 0.25) is 0 Å². The topological polar surface area (TPSA) is 55.1 Å². The van der Waals surface area contributed by atoms with E-state index in [4.69, 9.17) is 11.6 Å². The third-order valence-electron chi connectivity index (χ3n) is 2.55. The van der Waals surface area contributed by atoms with Crippen LogP contribution >= 0.6 is 11.6 Å². The summed E-state index contributed by atoms with van der Waals surface area (Å²) in [6.07, 6.45) is 0.544. The number of hydrogen-bond donors (Lipinski definition) is 1. The Morgan fingerprint density at radius 3 is 2.69 bits per heavy atom. The van der Waals surface area contributed by atoms with E-state index in [2.05, 4.69) is 5.10 Å². The average Bonchev–Trinajstić information content (AvgIpc) is 2.45. The second-order valence-electron chi connectivity index (χ2n) is 3.93. The highest BCUT2D eigenvalue weighted by molar-refractivity contribution is 6.30. The number of hydrogen-bond acceptors (Lipinski definition) is 3. The molecular formula is C11H17ClN2O2. The van der Waals surface area contributed by atoms with Gasteiger partial charge in [-0.3, -0.25) is 9.48 Å². The Balaban J connectivity index is 2.77. The van der Waals surface area contributed by atoms with E-state index in [0.29, 0.717) is 17.1 Å². The van der Waals surface area contributed by atoms with Crippen molar-refractivity contribution in [3.05, 3.63) is 16.4 Å². The van der Waals surface area contributed by atoms with E-state index in [1.165, 1.54) is 4.68 Å². The standard InChI is InChI=1S/C11H17ClN2O2/c1-4-5-9(15)10(16)6-8-7(2)13-14(3)11(8)12/h9,15H,4-6H2,1-3H3. The third-order valence-corrected chi connectivity index (χ3v) is 3.03. The highest BCUT2D eigenvalue weighted by atomic mass is 35.5. The molecule has 0 aromatic carbocycles. The van der Waals surface area contributed by atoms with Crippen LogP contribution < -0.4 is 0 Å². The predicted molar refractivity (Wildman–Crippen MR) is 62.6 cm³/mol. The molecule has 0 spiro atoms. The number of aliphatic hydroxyl groups excluding tert-OH is 1. The van der Waals surface area contributed by atoms with Crippen LogP contribution in [0.15, 0.2) is 0 Å². The van der Waals surface area contributed by atoms with Gasteiger partial charge in [0.25, 0.3) is 0 Å². The first-order valence-corrected chi connectivity index (χ1v) is 5.73. The summed E-state index contributed by atoms with van der Waals surface area (Å²) < 4.78 is 1.53. The zero-order valence-electron chi connectivity index (χ0n) is 9.83. The fourth-order valence-electron chi connectivity index (χ4n) is 1.60. The lowest BCUT2D eigenvalue weighted by Crippen LogP contribution is -2.22. The van der Waals surface area contributed by atoms with Crippen LogP contribution in [0.5, 0.6) is 0 Å². The summed E-state index contributed by atoms with van der Waals surface area (Å²) >= 11 is 6.01. The first-order chi connectivity index (χ1) is 7.47. The van der Waals surface area contributed by atoms with Gasteiger partial charge in [-0.2, -0.15) is 5.10 Å². The van der Waals surface area contributed by atoms with E-state index in [0.717, 1.165) is 12.1 Å². The Morgan fingerprint density at radius 1 is 1.62 bits per heavy atom. The highest BCUT2D eigenvalue weighted by Gasteiger charge is 2.19. The van der Waals surface area contributed by atoms with Crippen molar-refractivity contribution >= 4 is 17.4 Å². The molecule has 0 saturated carbocycles. The molecule has 0 amide bonds. The van der Waals surface area contributed by atoms with E-state index in [-0.39, 0.29) is 12.2 Å². The molecule has 1 N–H and O–H groups in total. The van der Waals surface area contributed by atoms with Gasteiger partial charge in [-0.1, -0.05) is 24.9 Å². The molecule has 90 valence electrons. The molecule has 0 radical (unpaired) electrons. The molecule has 1 rings (SSSR count). The summed E-state index contributed by atoms with van der Waals surface area (Å²) in [7, 11) is 1.73.